The number of nitrogens with zero attached hydrogens (tertiary/aromatic N) is 5. The number of aromatic nitrogens is 4. The molecule has 4 rings (SSSR count). The van der Waals surface area contributed by atoms with Gasteiger partial charge in [0.25, 0.3) is 0 Å². The van der Waals surface area contributed by atoms with Gasteiger partial charge in [-0.25, -0.2) is 4.98 Å². The van der Waals surface area contributed by atoms with Crippen molar-refractivity contribution in [1.29, 1.82) is 0 Å². The van der Waals surface area contributed by atoms with E-state index in [9.17, 15) is 18.0 Å². The number of fused-ring (bicyclic) bond motifs is 1. The fourth-order valence-electron chi connectivity index (χ4n) is 3.58. The Balaban J connectivity index is 0.000000858. The van der Waals surface area contributed by atoms with Crippen molar-refractivity contribution in [3.05, 3.63) is 23.7 Å². The van der Waals surface area contributed by atoms with Crippen LogP contribution in [0.3, 0.4) is 0 Å². The van der Waals surface area contributed by atoms with Crippen molar-refractivity contribution in [1.82, 2.24) is 19.7 Å². The van der Waals surface area contributed by atoms with Gasteiger partial charge in [-0.3, -0.25) is 9.48 Å². The fraction of sp³-hybridized carbons (Fsp3) is 0.600. The van der Waals surface area contributed by atoms with Crippen molar-refractivity contribution in [2.75, 3.05) is 29.1 Å². The summed E-state index contributed by atoms with van der Waals surface area (Å²) >= 11 is 0. The second-order valence-corrected chi connectivity index (χ2v) is 8.04. The minimum absolute atomic E-state index is 0.100. The standard InChI is InChI=1S/C17H20F3N7O.C3H8/c1-9-14-15(26(2)8-13(28)23-14)24-16(21-9)22-11-5-10(6-11)7-27-4-3-12(25-27)17(18,19)20;1-3-2/h3-4,10-11H,5-8H2,1-2H3,(H,23,28)(H,21,22,24);3H2,1-2H3. The molecule has 1 fully saturated rings. The number of anilines is 3. The molecule has 1 amide bonds. The van der Waals surface area contributed by atoms with Gasteiger partial charge >= 0.3 is 6.18 Å². The molecule has 0 saturated heterocycles. The van der Waals surface area contributed by atoms with E-state index >= 15 is 0 Å². The van der Waals surface area contributed by atoms with Crippen LogP contribution in [0.2, 0.25) is 0 Å². The Morgan fingerprint density at radius 1 is 1.26 bits per heavy atom. The summed E-state index contributed by atoms with van der Waals surface area (Å²) in [6.07, 6.45) is -0.201. The Morgan fingerprint density at radius 3 is 2.55 bits per heavy atom. The topological polar surface area (TPSA) is 88.0 Å². The molecule has 31 heavy (non-hydrogen) atoms. The normalized spacial score (nSPS) is 20.2. The van der Waals surface area contributed by atoms with Crippen LogP contribution in [0.5, 0.6) is 0 Å². The van der Waals surface area contributed by atoms with E-state index in [1.807, 2.05) is 6.92 Å². The third-order valence-electron chi connectivity index (χ3n) is 5.02. The van der Waals surface area contributed by atoms with E-state index in [1.165, 1.54) is 17.3 Å². The van der Waals surface area contributed by atoms with Crippen molar-refractivity contribution < 1.29 is 18.0 Å². The number of hydrogen-bond acceptors (Lipinski definition) is 6. The SMILES string of the molecule is CCC.Cc1nc(NC2CC(Cn3ccc(C(F)(F)F)n3)C2)nc2c1NC(=O)CN2C. The molecule has 2 aliphatic rings. The molecule has 11 heteroatoms. The summed E-state index contributed by atoms with van der Waals surface area (Å²) in [7, 11) is 1.80. The summed E-state index contributed by atoms with van der Waals surface area (Å²) in [5.41, 5.74) is 0.435. The first-order valence-electron chi connectivity index (χ1n) is 10.4. The van der Waals surface area contributed by atoms with Crippen LogP contribution in [0.1, 0.15) is 44.5 Å². The van der Waals surface area contributed by atoms with Crippen molar-refractivity contribution in [2.45, 2.75) is 58.8 Å². The van der Waals surface area contributed by atoms with Gasteiger partial charge in [0.2, 0.25) is 11.9 Å². The van der Waals surface area contributed by atoms with Gasteiger partial charge in [-0.05, 0) is 31.7 Å². The number of carbonyl (C=O) groups is 1. The van der Waals surface area contributed by atoms with Gasteiger partial charge in [0.05, 0.1) is 12.2 Å². The summed E-state index contributed by atoms with van der Waals surface area (Å²) in [6.45, 7) is 6.75. The van der Waals surface area contributed by atoms with Crippen LogP contribution in [0.4, 0.5) is 30.6 Å². The molecule has 0 spiro atoms. The third-order valence-corrected chi connectivity index (χ3v) is 5.02. The van der Waals surface area contributed by atoms with E-state index in [-0.39, 0.29) is 24.4 Å². The number of nitrogens with one attached hydrogen (secondary N) is 2. The van der Waals surface area contributed by atoms with Gasteiger partial charge in [-0.15, -0.1) is 0 Å². The molecule has 1 saturated carbocycles. The number of halogens is 3. The second-order valence-electron chi connectivity index (χ2n) is 8.04. The maximum Gasteiger partial charge on any atom is 0.435 e. The molecule has 0 aromatic carbocycles. The predicted molar refractivity (Wildman–Crippen MR) is 112 cm³/mol. The maximum absolute atomic E-state index is 12.6. The van der Waals surface area contributed by atoms with Crippen LogP contribution in [0.15, 0.2) is 12.3 Å². The number of carbonyl (C=O) groups excluding carboxylic acids is 1. The molecule has 2 N–H and O–H groups in total. The smallest absolute Gasteiger partial charge is 0.351 e. The number of rotatable bonds is 4. The molecule has 170 valence electrons. The van der Waals surface area contributed by atoms with Crippen LogP contribution in [0, 0.1) is 12.8 Å². The highest BCUT2D eigenvalue weighted by atomic mass is 19.4. The van der Waals surface area contributed by atoms with Crippen molar-refractivity contribution in [2.24, 2.45) is 5.92 Å². The largest absolute Gasteiger partial charge is 0.435 e. The van der Waals surface area contributed by atoms with Gasteiger partial charge in [0, 0.05) is 25.8 Å². The lowest BCUT2D eigenvalue weighted by Crippen LogP contribution is -2.39. The molecule has 1 aliphatic heterocycles. The monoisotopic (exact) mass is 439 g/mol. The molecule has 0 unspecified atom stereocenters. The summed E-state index contributed by atoms with van der Waals surface area (Å²) < 4.78 is 39.2. The summed E-state index contributed by atoms with van der Waals surface area (Å²) in [6, 6.07) is 1.15. The van der Waals surface area contributed by atoms with Gasteiger partial charge < -0.3 is 15.5 Å². The van der Waals surface area contributed by atoms with E-state index in [4.69, 9.17) is 0 Å². The van der Waals surface area contributed by atoms with E-state index in [0.717, 1.165) is 18.9 Å². The molecule has 2 aromatic heterocycles. The molecule has 0 atom stereocenters. The molecule has 0 bridgehead atoms. The Bertz CT molecular complexity index is 922. The van der Waals surface area contributed by atoms with Crippen LogP contribution in [-0.4, -0.2) is 45.3 Å². The lowest BCUT2D eigenvalue weighted by molar-refractivity contribution is -0.141. The Hall–Kier alpha value is -2.85. The van der Waals surface area contributed by atoms with E-state index in [1.54, 1.807) is 11.9 Å². The van der Waals surface area contributed by atoms with Crippen LogP contribution >= 0.6 is 0 Å². The average Bonchev–Trinajstić information content (AvgIpc) is 3.11. The maximum atomic E-state index is 12.6. The van der Waals surface area contributed by atoms with Crippen molar-refractivity contribution in [3.8, 4) is 0 Å². The quantitative estimate of drug-likeness (QED) is 0.756. The molecular weight excluding hydrogens is 411 g/mol. The number of hydrogen-bond donors (Lipinski definition) is 2. The Morgan fingerprint density at radius 2 is 1.94 bits per heavy atom. The summed E-state index contributed by atoms with van der Waals surface area (Å²) in [5, 5.41) is 9.66. The lowest BCUT2D eigenvalue weighted by atomic mass is 9.80. The predicted octanol–water partition coefficient (Wildman–Crippen LogP) is 3.70. The van der Waals surface area contributed by atoms with E-state index in [2.05, 4.69) is 39.5 Å². The zero-order valence-corrected chi connectivity index (χ0v) is 18.1. The van der Waals surface area contributed by atoms with E-state index in [0.29, 0.717) is 29.7 Å². The summed E-state index contributed by atoms with van der Waals surface area (Å²) in [4.78, 5) is 22.3. The fourth-order valence-corrected chi connectivity index (χ4v) is 3.58. The third kappa shape index (κ3) is 5.45. The van der Waals surface area contributed by atoms with Gasteiger partial charge in [0.1, 0.15) is 5.69 Å². The van der Waals surface area contributed by atoms with Gasteiger partial charge in [-0.2, -0.15) is 23.3 Å². The van der Waals surface area contributed by atoms with Gasteiger partial charge in [-0.1, -0.05) is 20.3 Å². The number of aryl methyl sites for hydroxylation is 1. The highest BCUT2D eigenvalue weighted by Gasteiger charge is 2.35. The highest BCUT2D eigenvalue weighted by Crippen LogP contribution is 2.34. The van der Waals surface area contributed by atoms with E-state index < -0.39 is 11.9 Å². The molecule has 1 aliphatic carbocycles. The lowest BCUT2D eigenvalue weighted by Gasteiger charge is -2.36. The Labute approximate surface area is 179 Å². The molecule has 0 radical (unpaired) electrons. The minimum atomic E-state index is -4.41. The minimum Gasteiger partial charge on any atom is -0.351 e. The summed E-state index contributed by atoms with van der Waals surface area (Å²) in [5.74, 6) is 1.30. The van der Waals surface area contributed by atoms with Crippen LogP contribution < -0.4 is 15.5 Å². The molecule has 2 aromatic rings. The highest BCUT2D eigenvalue weighted by molar-refractivity contribution is 6.00. The first-order valence-corrected chi connectivity index (χ1v) is 10.4. The first kappa shape index (κ1) is 22.8. The number of likely N-dealkylation sites (N-methyl/N-ethyl adjacent to an activating group) is 1. The van der Waals surface area contributed by atoms with Crippen LogP contribution in [0.25, 0.3) is 0 Å². The molecule has 8 nitrogen and oxygen atoms in total. The molecule has 3 heterocycles. The number of amides is 1. The van der Waals surface area contributed by atoms with Crippen molar-refractivity contribution >= 4 is 23.4 Å². The zero-order chi connectivity index (χ0) is 22.8. The van der Waals surface area contributed by atoms with Crippen molar-refractivity contribution in [3.63, 3.8) is 0 Å². The first-order chi connectivity index (χ1) is 14.6. The second kappa shape index (κ2) is 9.11. The van der Waals surface area contributed by atoms with Gasteiger partial charge in [0.15, 0.2) is 11.5 Å². The zero-order valence-electron chi connectivity index (χ0n) is 18.1. The van der Waals surface area contributed by atoms with Crippen LogP contribution in [-0.2, 0) is 17.5 Å². The molecular formula is C20H28F3N7O. The number of alkyl halides is 3. The average molecular weight is 439 g/mol. The Kier molecular flexibility index (Phi) is 6.71.